The molecule has 4 unspecified atom stereocenters. The van der Waals surface area contributed by atoms with E-state index < -0.39 is 60.5 Å². The number of hydrogen-bond acceptors (Lipinski definition) is 7. The van der Waals surface area contributed by atoms with Crippen LogP contribution in [0.25, 0.3) is 0 Å². The number of likely N-dealkylation sites (tertiary alicyclic amines) is 1. The lowest BCUT2D eigenvalue weighted by atomic mass is 9.93. The van der Waals surface area contributed by atoms with Gasteiger partial charge in [-0.15, -0.1) is 11.3 Å². The number of aliphatic hydroxyl groups excluding tert-OH is 1. The van der Waals surface area contributed by atoms with Crippen molar-refractivity contribution in [3.8, 4) is 5.75 Å². The van der Waals surface area contributed by atoms with Crippen LogP contribution < -0.4 is 15.4 Å². The third kappa shape index (κ3) is 6.85. The van der Waals surface area contributed by atoms with Crippen molar-refractivity contribution >= 4 is 23.2 Å². The molecule has 3 aliphatic heterocycles. The van der Waals surface area contributed by atoms with Crippen LogP contribution in [-0.4, -0.2) is 70.6 Å². The number of nitrogens with one attached hydrogen (secondary N) is 2. The van der Waals surface area contributed by atoms with Gasteiger partial charge in [-0.1, -0.05) is 0 Å². The van der Waals surface area contributed by atoms with Gasteiger partial charge in [-0.3, -0.25) is 9.59 Å². The largest absolute Gasteiger partial charge is 0.493 e. The monoisotopic (exact) mass is 646 g/mol. The summed E-state index contributed by atoms with van der Waals surface area (Å²) in [5, 5.41) is 19.4. The Balaban J connectivity index is 1.32. The van der Waals surface area contributed by atoms with Crippen LogP contribution in [0.1, 0.15) is 74.3 Å². The molecule has 2 fully saturated rings. The third-order valence-electron chi connectivity index (χ3n) is 8.60. The molecule has 6 rings (SSSR count). The van der Waals surface area contributed by atoms with Crippen molar-refractivity contribution in [2.45, 2.75) is 75.6 Å². The van der Waals surface area contributed by atoms with Crippen LogP contribution in [0.5, 0.6) is 5.75 Å². The Bertz CT molecular complexity index is 1570. The zero-order chi connectivity index (χ0) is 31.9. The van der Waals surface area contributed by atoms with Crippen molar-refractivity contribution in [1.82, 2.24) is 20.5 Å². The first-order valence-corrected chi connectivity index (χ1v) is 15.9. The number of aromatic nitrogens is 1. The number of hydrogen-bond donors (Lipinski definition) is 3. The lowest BCUT2D eigenvalue weighted by Gasteiger charge is -2.29. The first-order valence-electron chi connectivity index (χ1n) is 15.1. The van der Waals surface area contributed by atoms with E-state index in [9.17, 15) is 32.3 Å². The molecule has 0 aliphatic carbocycles. The predicted octanol–water partition coefficient (Wildman–Crippen LogP) is 4.73. The summed E-state index contributed by atoms with van der Waals surface area (Å²) in [4.78, 5) is 33.3. The minimum Gasteiger partial charge on any atom is -0.493 e. The lowest BCUT2D eigenvalue weighted by Crippen LogP contribution is -2.52. The Labute approximate surface area is 261 Å². The number of thiazole rings is 1. The minimum atomic E-state index is -3.11. The van der Waals surface area contributed by atoms with E-state index in [1.54, 1.807) is 12.3 Å². The number of alkyl halides is 2. The first kappa shape index (κ1) is 31.4. The van der Waals surface area contributed by atoms with E-state index >= 15 is 0 Å². The smallest absolute Gasteiger partial charge is 0.267 e. The van der Waals surface area contributed by atoms with Gasteiger partial charge in [-0.25, -0.2) is 22.5 Å². The van der Waals surface area contributed by atoms with E-state index in [1.165, 1.54) is 23.5 Å². The predicted molar refractivity (Wildman–Crippen MR) is 159 cm³/mol. The summed E-state index contributed by atoms with van der Waals surface area (Å²) in [7, 11) is 0. The number of aryl methyl sites for hydroxylation is 1. The van der Waals surface area contributed by atoms with Gasteiger partial charge in [0.25, 0.3) is 17.7 Å². The molecule has 0 bridgehead atoms. The van der Waals surface area contributed by atoms with Gasteiger partial charge < -0.3 is 25.4 Å². The standard InChI is InChI=1S/C32H34F4N4O4S/c1-17-15-45-30(38-17)26-14-32(35,36)16-40(26)31(43)23-11-19(12-27-22(23)4-3-7-44-27)29(42)39-25(28(41)24-5-2-6-37-24)10-18-8-20(33)13-21(34)9-18/h8-9,11-13,15,24-26,28,37,41H,2-7,10,14,16H2,1H3,(H,39,42). The molecule has 0 radical (unpaired) electrons. The molecule has 1 aromatic heterocycles. The number of amides is 2. The molecule has 3 aromatic rings. The van der Waals surface area contributed by atoms with Crippen molar-refractivity contribution in [2.75, 3.05) is 19.7 Å². The van der Waals surface area contributed by atoms with E-state index in [2.05, 4.69) is 15.6 Å². The molecule has 4 heterocycles. The van der Waals surface area contributed by atoms with Crippen LogP contribution in [-0.2, 0) is 12.8 Å². The summed E-state index contributed by atoms with van der Waals surface area (Å²) >= 11 is 1.22. The molecule has 240 valence electrons. The molecule has 3 N–H and O–H groups in total. The van der Waals surface area contributed by atoms with Gasteiger partial charge in [0.05, 0.1) is 31.3 Å². The lowest BCUT2D eigenvalue weighted by molar-refractivity contribution is 0.0117. The highest BCUT2D eigenvalue weighted by atomic mass is 32.1. The highest BCUT2D eigenvalue weighted by molar-refractivity contribution is 7.09. The van der Waals surface area contributed by atoms with Crippen LogP contribution in [0.15, 0.2) is 35.7 Å². The highest BCUT2D eigenvalue weighted by Crippen LogP contribution is 2.43. The van der Waals surface area contributed by atoms with Gasteiger partial charge >= 0.3 is 0 Å². The zero-order valence-electron chi connectivity index (χ0n) is 24.6. The fourth-order valence-corrected chi connectivity index (χ4v) is 7.40. The van der Waals surface area contributed by atoms with Gasteiger partial charge in [0.15, 0.2) is 0 Å². The molecular formula is C32H34F4N4O4S. The molecule has 0 saturated carbocycles. The number of carbonyl (C=O) groups excluding carboxylic acids is 2. The second kappa shape index (κ2) is 12.7. The van der Waals surface area contributed by atoms with Gasteiger partial charge in [-0.05, 0) is 75.4 Å². The molecule has 2 saturated heterocycles. The summed E-state index contributed by atoms with van der Waals surface area (Å²) in [6.45, 7) is 2.01. The van der Waals surface area contributed by atoms with Crippen molar-refractivity contribution in [1.29, 1.82) is 0 Å². The van der Waals surface area contributed by atoms with E-state index in [0.29, 0.717) is 54.4 Å². The Kier molecular flexibility index (Phi) is 8.86. The summed E-state index contributed by atoms with van der Waals surface area (Å²) in [5.74, 6) is -5.66. The van der Waals surface area contributed by atoms with Crippen molar-refractivity contribution in [3.63, 3.8) is 0 Å². The van der Waals surface area contributed by atoms with Gasteiger partial charge in [0.1, 0.15) is 22.4 Å². The van der Waals surface area contributed by atoms with Crippen LogP contribution >= 0.6 is 11.3 Å². The summed E-state index contributed by atoms with van der Waals surface area (Å²) in [5.41, 5.74) is 1.59. The highest BCUT2D eigenvalue weighted by Gasteiger charge is 2.49. The van der Waals surface area contributed by atoms with Crippen molar-refractivity contribution in [2.24, 2.45) is 0 Å². The quantitative estimate of drug-likeness (QED) is 0.306. The van der Waals surface area contributed by atoms with Gasteiger partial charge in [-0.2, -0.15) is 0 Å². The van der Waals surface area contributed by atoms with Crippen molar-refractivity contribution < 1.29 is 37.0 Å². The number of halogens is 4. The molecule has 13 heteroatoms. The SMILES string of the molecule is Cc1csc(C2CC(F)(F)CN2C(=O)c2cc(C(=O)NC(Cc3cc(F)cc(F)c3)C(O)C3CCCN3)cc3c2CCCO3)n1. The Morgan fingerprint density at radius 3 is 2.67 bits per heavy atom. The number of aliphatic hydroxyl groups is 1. The molecule has 2 amide bonds. The molecule has 4 atom stereocenters. The Hall–Kier alpha value is -3.55. The summed E-state index contributed by atoms with van der Waals surface area (Å²) in [6.07, 6.45) is 0.829. The summed E-state index contributed by atoms with van der Waals surface area (Å²) < 4.78 is 63.3. The van der Waals surface area contributed by atoms with Crippen LogP contribution in [0, 0.1) is 18.6 Å². The van der Waals surface area contributed by atoms with Gasteiger partial charge in [0, 0.05) is 46.3 Å². The molecule has 8 nitrogen and oxygen atoms in total. The van der Waals surface area contributed by atoms with E-state index in [1.807, 2.05) is 0 Å². The van der Waals surface area contributed by atoms with Crippen LogP contribution in [0.3, 0.4) is 0 Å². The maximum absolute atomic E-state index is 14.8. The number of carbonyl (C=O) groups is 2. The van der Waals surface area contributed by atoms with Crippen LogP contribution in [0.4, 0.5) is 17.6 Å². The van der Waals surface area contributed by atoms with E-state index in [4.69, 9.17) is 4.74 Å². The number of nitrogens with zero attached hydrogens (tertiary/aromatic N) is 2. The number of ether oxygens (including phenoxy) is 1. The molecule has 0 spiro atoms. The number of rotatable bonds is 8. The minimum absolute atomic E-state index is 0.0357. The molecule has 3 aliphatic rings. The Morgan fingerprint density at radius 2 is 1.98 bits per heavy atom. The first-order chi connectivity index (χ1) is 21.5. The maximum atomic E-state index is 14.8. The summed E-state index contributed by atoms with van der Waals surface area (Å²) in [6, 6.07) is 3.70. The van der Waals surface area contributed by atoms with Crippen molar-refractivity contribution in [3.05, 3.63) is 80.3 Å². The number of fused-ring (bicyclic) bond motifs is 1. The topological polar surface area (TPSA) is 104 Å². The fourth-order valence-electron chi connectivity index (χ4n) is 6.49. The third-order valence-corrected chi connectivity index (χ3v) is 9.66. The fraction of sp³-hybridized carbons (Fsp3) is 0.469. The number of benzene rings is 2. The average molecular weight is 647 g/mol. The molecule has 2 aromatic carbocycles. The molecular weight excluding hydrogens is 612 g/mol. The second-order valence-electron chi connectivity index (χ2n) is 12.0. The normalized spacial score (nSPS) is 22.0. The van der Waals surface area contributed by atoms with Crippen LogP contribution in [0.2, 0.25) is 0 Å². The van der Waals surface area contributed by atoms with E-state index in [0.717, 1.165) is 29.5 Å². The zero-order valence-corrected chi connectivity index (χ0v) is 25.4. The Morgan fingerprint density at radius 1 is 1.20 bits per heavy atom. The van der Waals surface area contributed by atoms with Gasteiger partial charge in [0.2, 0.25) is 0 Å². The maximum Gasteiger partial charge on any atom is 0.267 e. The molecule has 45 heavy (non-hydrogen) atoms. The second-order valence-corrected chi connectivity index (χ2v) is 12.9. The van der Waals surface area contributed by atoms with E-state index in [-0.39, 0.29) is 29.2 Å². The average Bonchev–Trinajstić information content (AvgIpc) is 3.75.